The predicted octanol–water partition coefficient (Wildman–Crippen LogP) is 3.96. The van der Waals surface area contributed by atoms with Crippen LogP contribution in [0.4, 0.5) is 13.2 Å². The van der Waals surface area contributed by atoms with Crippen LogP contribution in [0.5, 0.6) is 0 Å². The standard InChI is InChI=1S/C14H13BrF3N3/c1-2-20-13(12-8-19-5-6-21-12)10-4-3-9(15)7-11(10)14(16,17)18/h3-8,13,20H,2H2,1H3. The number of hydrogen-bond donors (Lipinski definition) is 1. The summed E-state index contributed by atoms with van der Waals surface area (Å²) in [6, 6.07) is 3.46. The molecule has 2 aromatic rings. The van der Waals surface area contributed by atoms with Gasteiger partial charge in [-0.2, -0.15) is 13.2 Å². The molecule has 0 amide bonds. The number of halogens is 4. The molecule has 0 spiro atoms. The largest absolute Gasteiger partial charge is 0.416 e. The first kappa shape index (κ1) is 15.9. The van der Waals surface area contributed by atoms with Gasteiger partial charge in [0.1, 0.15) is 0 Å². The monoisotopic (exact) mass is 359 g/mol. The van der Waals surface area contributed by atoms with Crippen molar-refractivity contribution >= 4 is 15.9 Å². The van der Waals surface area contributed by atoms with Crippen molar-refractivity contribution in [2.24, 2.45) is 0 Å². The Balaban J connectivity index is 2.56. The Morgan fingerprint density at radius 2 is 2.05 bits per heavy atom. The van der Waals surface area contributed by atoms with Gasteiger partial charge in [0.25, 0.3) is 0 Å². The SMILES string of the molecule is CCNC(c1cnccn1)c1ccc(Br)cc1C(F)(F)F. The highest BCUT2D eigenvalue weighted by atomic mass is 79.9. The van der Waals surface area contributed by atoms with Gasteiger partial charge in [0.05, 0.1) is 23.5 Å². The highest BCUT2D eigenvalue weighted by molar-refractivity contribution is 9.10. The van der Waals surface area contributed by atoms with Gasteiger partial charge >= 0.3 is 6.18 Å². The number of rotatable bonds is 4. The van der Waals surface area contributed by atoms with Crippen LogP contribution in [-0.2, 0) is 6.18 Å². The summed E-state index contributed by atoms with van der Waals surface area (Å²) in [5.41, 5.74) is -0.103. The molecule has 0 saturated heterocycles. The summed E-state index contributed by atoms with van der Waals surface area (Å²) in [6.45, 7) is 2.34. The van der Waals surface area contributed by atoms with E-state index in [9.17, 15) is 13.2 Å². The lowest BCUT2D eigenvalue weighted by Crippen LogP contribution is -2.26. The quantitative estimate of drug-likeness (QED) is 0.897. The Morgan fingerprint density at radius 3 is 2.62 bits per heavy atom. The van der Waals surface area contributed by atoms with Crippen LogP contribution in [0.2, 0.25) is 0 Å². The molecule has 1 atom stereocenters. The zero-order valence-corrected chi connectivity index (χ0v) is 12.7. The summed E-state index contributed by atoms with van der Waals surface area (Å²) in [4.78, 5) is 8.05. The molecule has 0 bridgehead atoms. The van der Waals surface area contributed by atoms with E-state index in [0.717, 1.165) is 6.07 Å². The third-order valence-corrected chi connectivity index (χ3v) is 3.41. The molecule has 1 heterocycles. The van der Waals surface area contributed by atoms with E-state index < -0.39 is 17.8 Å². The van der Waals surface area contributed by atoms with Gasteiger partial charge in [-0.15, -0.1) is 0 Å². The van der Waals surface area contributed by atoms with Crippen LogP contribution in [-0.4, -0.2) is 16.5 Å². The lowest BCUT2D eigenvalue weighted by molar-refractivity contribution is -0.138. The number of hydrogen-bond acceptors (Lipinski definition) is 3. The van der Waals surface area contributed by atoms with Crippen LogP contribution < -0.4 is 5.32 Å². The van der Waals surface area contributed by atoms with Gasteiger partial charge in [0, 0.05) is 16.9 Å². The normalized spacial score (nSPS) is 13.2. The van der Waals surface area contributed by atoms with Gasteiger partial charge < -0.3 is 5.32 Å². The summed E-state index contributed by atoms with van der Waals surface area (Å²) in [7, 11) is 0. The van der Waals surface area contributed by atoms with Gasteiger partial charge in [-0.3, -0.25) is 9.97 Å². The number of alkyl halides is 3. The fourth-order valence-corrected chi connectivity index (χ4v) is 2.42. The molecule has 1 aromatic carbocycles. The first-order valence-corrected chi connectivity index (χ1v) is 7.08. The maximum absolute atomic E-state index is 13.3. The molecular formula is C14H13BrF3N3. The highest BCUT2D eigenvalue weighted by Crippen LogP contribution is 2.37. The van der Waals surface area contributed by atoms with Gasteiger partial charge in [-0.1, -0.05) is 28.9 Å². The second-order valence-corrected chi connectivity index (χ2v) is 5.27. The van der Waals surface area contributed by atoms with E-state index in [0.29, 0.717) is 16.7 Å². The number of nitrogens with zero attached hydrogens (tertiary/aromatic N) is 2. The van der Waals surface area contributed by atoms with Crippen molar-refractivity contribution in [2.45, 2.75) is 19.1 Å². The maximum atomic E-state index is 13.3. The van der Waals surface area contributed by atoms with Crippen LogP contribution in [0.15, 0.2) is 41.3 Å². The van der Waals surface area contributed by atoms with Crippen molar-refractivity contribution in [3.05, 3.63) is 58.1 Å². The zero-order chi connectivity index (χ0) is 15.5. The molecule has 21 heavy (non-hydrogen) atoms. The average Bonchev–Trinajstić information content (AvgIpc) is 2.45. The first-order chi connectivity index (χ1) is 9.93. The minimum Gasteiger partial charge on any atom is -0.305 e. The molecule has 7 heteroatoms. The number of nitrogens with one attached hydrogen (secondary N) is 1. The molecule has 0 aliphatic heterocycles. The topological polar surface area (TPSA) is 37.8 Å². The Labute approximate surface area is 128 Å². The molecule has 0 saturated carbocycles. The second-order valence-electron chi connectivity index (χ2n) is 4.35. The zero-order valence-electron chi connectivity index (χ0n) is 11.2. The lowest BCUT2D eigenvalue weighted by Gasteiger charge is -2.22. The molecule has 0 radical (unpaired) electrons. The minimum absolute atomic E-state index is 0.132. The summed E-state index contributed by atoms with van der Waals surface area (Å²) in [6.07, 6.45) is -0.0188. The van der Waals surface area contributed by atoms with Gasteiger partial charge in [-0.25, -0.2) is 0 Å². The maximum Gasteiger partial charge on any atom is 0.416 e. The van der Waals surface area contributed by atoms with Crippen LogP contribution in [0.3, 0.4) is 0 Å². The van der Waals surface area contributed by atoms with E-state index in [4.69, 9.17) is 0 Å². The van der Waals surface area contributed by atoms with Crippen LogP contribution >= 0.6 is 15.9 Å². The summed E-state index contributed by atoms with van der Waals surface area (Å²) < 4.78 is 40.2. The lowest BCUT2D eigenvalue weighted by atomic mass is 9.97. The van der Waals surface area contributed by atoms with E-state index >= 15 is 0 Å². The Kier molecular flexibility index (Phi) is 4.95. The molecule has 112 valence electrons. The third-order valence-electron chi connectivity index (χ3n) is 2.92. The molecule has 1 unspecified atom stereocenters. The Bertz CT molecular complexity index is 602. The van der Waals surface area contributed by atoms with Gasteiger partial charge in [-0.05, 0) is 24.2 Å². The third kappa shape index (κ3) is 3.79. The van der Waals surface area contributed by atoms with Crippen LogP contribution in [0, 0.1) is 0 Å². The molecule has 0 fully saturated rings. The summed E-state index contributed by atoms with van der Waals surface area (Å²) in [5.74, 6) is 0. The summed E-state index contributed by atoms with van der Waals surface area (Å²) in [5, 5.41) is 3.03. The molecule has 1 N–H and O–H groups in total. The van der Waals surface area contributed by atoms with Gasteiger partial charge in [0.15, 0.2) is 0 Å². The fraction of sp³-hybridized carbons (Fsp3) is 0.286. The first-order valence-electron chi connectivity index (χ1n) is 6.29. The molecular weight excluding hydrogens is 347 g/mol. The Hall–Kier alpha value is -1.47. The van der Waals surface area contributed by atoms with Crippen molar-refractivity contribution in [2.75, 3.05) is 6.54 Å². The van der Waals surface area contributed by atoms with Crippen LogP contribution in [0.1, 0.15) is 29.8 Å². The number of benzene rings is 1. The predicted molar refractivity (Wildman–Crippen MR) is 76.7 cm³/mol. The molecule has 0 aliphatic rings. The second kappa shape index (κ2) is 6.53. The molecule has 1 aromatic heterocycles. The average molecular weight is 360 g/mol. The molecule has 0 aliphatic carbocycles. The van der Waals surface area contributed by atoms with Crippen LogP contribution in [0.25, 0.3) is 0 Å². The van der Waals surface area contributed by atoms with E-state index in [2.05, 4.69) is 31.2 Å². The van der Waals surface area contributed by atoms with Gasteiger partial charge in [0.2, 0.25) is 0 Å². The Morgan fingerprint density at radius 1 is 1.29 bits per heavy atom. The van der Waals surface area contributed by atoms with Crippen molar-refractivity contribution in [3.63, 3.8) is 0 Å². The van der Waals surface area contributed by atoms with Crippen molar-refractivity contribution in [1.82, 2.24) is 15.3 Å². The summed E-state index contributed by atoms with van der Waals surface area (Å²) >= 11 is 3.08. The van der Waals surface area contributed by atoms with Crippen molar-refractivity contribution in [3.8, 4) is 0 Å². The van der Waals surface area contributed by atoms with E-state index in [-0.39, 0.29) is 5.56 Å². The van der Waals surface area contributed by atoms with Crippen molar-refractivity contribution < 1.29 is 13.2 Å². The molecule has 3 nitrogen and oxygen atoms in total. The van der Waals surface area contributed by atoms with E-state index in [1.807, 2.05) is 6.92 Å². The van der Waals surface area contributed by atoms with E-state index in [1.165, 1.54) is 24.7 Å². The highest BCUT2D eigenvalue weighted by Gasteiger charge is 2.36. The van der Waals surface area contributed by atoms with E-state index in [1.54, 1.807) is 6.07 Å². The minimum atomic E-state index is -4.44. The fourth-order valence-electron chi connectivity index (χ4n) is 2.06. The van der Waals surface area contributed by atoms with Crippen molar-refractivity contribution in [1.29, 1.82) is 0 Å². The smallest absolute Gasteiger partial charge is 0.305 e. The molecule has 2 rings (SSSR count). The number of aromatic nitrogens is 2.